The molecule has 0 unspecified atom stereocenters. The van der Waals surface area contributed by atoms with Gasteiger partial charge in [-0.3, -0.25) is 0 Å². The van der Waals surface area contributed by atoms with Crippen molar-refractivity contribution in [3.8, 4) is 33.4 Å². The molecule has 1 nitrogen and oxygen atoms in total. The SMILES string of the molecule is CC(C)(C)c1cccc(-c2cc(C(C)(C)C)cc(-c3cccc(C(C)(C)C)c3)c2N(c2cccc(Cl)c2)c2cc(Cl)cc([Se]c3cccc4c3-c3ccccc3C4(c3ccccc3)c3ccccc3)c2Br)c1. The second-order valence-corrected chi connectivity index (χ2v) is 26.1. The van der Waals surface area contributed by atoms with Crippen LogP contribution in [0, 0.1) is 0 Å². The van der Waals surface area contributed by atoms with Crippen molar-refractivity contribution >= 4 is 80.1 Å². The average molecular weight is 1110 g/mol. The van der Waals surface area contributed by atoms with Gasteiger partial charge in [-0.05, 0) is 0 Å². The Labute approximate surface area is 452 Å². The molecule has 0 saturated heterocycles. The van der Waals surface area contributed by atoms with Crippen molar-refractivity contribution in [2.24, 2.45) is 0 Å². The first kappa shape index (κ1) is 49.9. The first-order chi connectivity index (χ1) is 34.3. The summed E-state index contributed by atoms with van der Waals surface area (Å²) in [4.78, 5) is 2.41. The topological polar surface area (TPSA) is 3.24 Å². The molecule has 9 aromatic rings. The summed E-state index contributed by atoms with van der Waals surface area (Å²) in [6.07, 6.45) is 0. The van der Waals surface area contributed by atoms with E-state index < -0.39 is 5.41 Å². The molecule has 0 aromatic heterocycles. The Morgan fingerprint density at radius 1 is 0.431 bits per heavy atom. The number of anilines is 3. The van der Waals surface area contributed by atoms with Crippen molar-refractivity contribution in [3.63, 3.8) is 0 Å². The van der Waals surface area contributed by atoms with E-state index in [2.05, 4.69) is 271 Å². The van der Waals surface area contributed by atoms with Crippen LogP contribution in [0.2, 0.25) is 10.0 Å². The van der Waals surface area contributed by atoms with Crippen LogP contribution in [0.4, 0.5) is 17.1 Å². The van der Waals surface area contributed by atoms with Gasteiger partial charge in [-0.25, -0.2) is 0 Å². The summed E-state index contributed by atoms with van der Waals surface area (Å²) in [5.74, 6) is 0. The fourth-order valence-electron chi connectivity index (χ4n) is 10.5. The molecule has 0 fully saturated rings. The van der Waals surface area contributed by atoms with Crippen LogP contribution in [0.15, 0.2) is 205 Å². The zero-order valence-corrected chi connectivity index (χ0v) is 47.4. The summed E-state index contributed by atoms with van der Waals surface area (Å²) in [6, 6.07) is 73.6. The molecule has 0 atom stereocenters. The first-order valence-electron chi connectivity index (χ1n) is 24.8. The number of fused-ring (bicyclic) bond motifs is 3. The van der Waals surface area contributed by atoms with Gasteiger partial charge in [0.2, 0.25) is 0 Å². The number of hydrogen-bond acceptors (Lipinski definition) is 1. The van der Waals surface area contributed by atoms with Gasteiger partial charge in [0.1, 0.15) is 0 Å². The maximum atomic E-state index is 7.52. The molecule has 0 saturated carbocycles. The van der Waals surface area contributed by atoms with Crippen LogP contribution in [0.1, 0.15) is 101 Å². The van der Waals surface area contributed by atoms with Gasteiger partial charge in [0.05, 0.1) is 0 Å². The fourth-order valence-corrected chi connectivity index (χ4v) is 14.2. The molecule has 360 valence electrons. The number of hydrogen-bond donors (Lipinski definition) is 0. The standard InChI is InChI=1S/C67H60BrCl2NSe/c1-64(2,3)47-28-18-22-43(36-47)54-38-49(66(7,8)9)39-55(44-23-19-29-48(37-44)65(4,5)6)63(54)71(52-31-20-30-50(69)40-52)58-41-51(70)42-60(62(58)68)72-59-35-21-34-57-61(59)53-32-16-17-33-56(53)67(57,45-24-12-10-13-25-45)46-26-14-11-15-27-46/h10-42H,1-9H3. The van der Waals surface area contributed by atoms with Crippen LogP contribution in [0.3, 0.4) is 0 Å². The predicted octanol–water partition coefficient (Wildman–Crippen LogP) is 18.5. The monoisotopic (exact) mass is 1110 g/mol. The second kappa shape index (κ2) is 19.3. The number of benzene rings is 9. The van der Waals surface area contributed by atoms with E-state index in [9.17, 15) is 0 Å². The summed E-state index contributed by atoms with van der Waals surface area (Å²) in [5.41, 5.74) is 18.1. The molecule has 0 bridgehead atoms. The summed E-state index contributed by atoms with van der Waals surface area (Å²) < 4.78 is 3.41. The third-order valence-corrected chi connectivity index (χ3v) is 18.4. The van der Waals surface area contributed by atoms with Crippen LogP contribution in [0.25, 0.3) is 33.4 Å². The second-order valence-electron chi connectivity index (χ2n) is 22.2. The van der Waals surface area contributed by atoms with Crippen molar-refractivity contribution in [2.45, 2.75) is 84.0 Å². The van der Waals surface area contributed by atoms with Gasteiger partial charge in [-0.1, -0.05) is 0 Å². The minimum atomic E-state index is -0.499. The van der Waals surface area contributed by atoms with Gasteiger partial charge in [-0.15, -0.1) is 0 Å². The Bertz CT molecular complexity index is 3370. The van der Waals surface area contributed by atoms with Crippen LogP contribution in [-0.2, 0) is 21.7 Å². The van der Waals surface area contributed by atoms with E-state index in [1.807, 2.05) is 12.1 Å². The van der Waals surface area contributed by atoms with Gasteiger partial charge in [0.25, 0.3) is 0 Å². The van der Waals surface area contributed by atoms with Crippen molar-refractivity contribution in [2.75, 3.05) is 4.90 Å². The normalized spacial score (nSPS) is 13.2. The molecule has 9 aromatic carbocycles. The predicted molar refractivity (Wildman–Crippen MR) is 315 cm³/mol. The van der Waals surface area contributed by atoms with Gasteiger partial charge in [0.15, 0.2) is 0 Å². The van der Waals surface area contributed by atoms with E-state index in [0.29, 0.717) is 10.0 Å². The molecule has 1 aliphatic carbocycles. The molecule has 0 N–H and O–H groups in total. The molecule has 0 radical (unpaired) electrons. The van der Waals surface area contributed by atoms with Crippen LogP contribution in [-0.4, -0.2) is 15.0 Å². The molecule has 0 amide bonds. The van der Waals surface area contributed by atoms with E-state index >= 15 is 0 Å². The summed E-state index contributed by atoms with van der Waals surface area (Å²) >= 11 is 18.7. The van der Waals surface area contributed by atoms with E-state index in [0.717, 1.165) is 48.3 Å². The molecular weight excluding hydrogens is 1050 g/mol. The third-order valence-electron chi connectivity index (χ3n) is 14.2. The van der Waals surface area contributed by atoms with Crippen LogP contribution < -0.4 is 13.8 Å². The maximum absolute atomic E-state index is 7.52. The average Bonchev–Trinajstić information content (AvgIpc) is 3.67. The summed E-state index contributed by atoms with van der Waals surface area (Å²) in [5, 5.41) is 1.31. The van der Waals surface area contributed by atoms with Crippen LogP contribution in [0.5, 0.6) is 0 Å². The molecule has 5 heteroatoms. The summed E-state index contributed by atoms with van der Waals surface area (Å²) in [7, 11) is 0. The number of nitrogens with zero attached hydrogens (tertiary/aromatic N) is 1. The number of rotatable bonds is 9. The van der Waals surface area contributed by atoms with Crippen molar-refractivity contribution in [3.05, 3.63) is 254 Å². The fraction of sp³-hybridized carbons (Fsp3) is 0.194. The molecule has 0 heterocycles. The quantitative estimate of drug-likeness (QED) is 0.130. The Kier molecular flexibility index (Phi) is 13.4. The van der Waals surface area contributed by atoms with Gasteiger partial charge in [0, 0.05) is 0 Å². The minimum absolute atomic E-state index is 0.0682. The van der Waals surface area contributed by atoms with Gasteiger partial charge >= 0.3 is 456 Å². The Morgan fingerprint density at radius 3 is 1.50 bits per heavy atom. The first-order valence-corrected chi connectivity index (χ1v) is 28.1. The van der Waals surface area contributed by atoms with Gasteiger partial charge in [-0.2, -0.15) is 0 Å². The van der Waals surface area contributed by atoms with Crippen molar-refractivity contribution < 1.29 is 0 Å². The molecular formula is C67H60BrCl2NSe. The Balaban J connectivity index is 1.25. The Hall–Kier alpha value is -5.64. The molecule has 72 heavy (non-hydrogen) atoms. The number of halogens is 3. The van der Waals surface area contributed by atoms with E-state index in [4.69, 9.17) is 23.2 Å². The zero-order valence-electron chi connectivity index (χ0n) is 42.5. The molecule has 1 aliphatic rings. The summed E-state index contributed by atoms with van der Waals surface area (Å²) in [6.45, 7) is 20.7. The van der Waals surface area contributed by atoms with Gasteiger partial charge < -0.3 is 0 Å². The third kappa shape index (κ3) is 9.22. The van der Waals surface area contributed by atoms with E-state index in [1.54, 1.807) is 0 Å². The van der Waals surface area contributed by atoms with E-state index in [-0.39, 0.29) is 31.2 Å². The van der Waals surface area contributed by atoms with Crippen LogP contribution >= 0.6 is 39.1 Å². The Morgan fingerprint density at radius 2 is 0.944 bits per heavy atom. The molecule has 0 spiro atoms. The van der Waals surface area contributed by atoms with Crippen molar-refractivity contribution in [1.29, 1.82) is 0 Å². The molecule has 10 rings (SSSR count). The zero-order chi connectivity index (χ0) is 50.7. The van der Waals surface area contributed by atoms with E-state index in [1.165, 1.54) is 54.5 Å². The van der Waals surface area contributed by atoms with Crippen molar-refractivity contribution in [1.82, 2.24) is 0 Å². The molecule has 0 aliphatic heterocycles.